The molecule has 2 aromatic carbocycles. The number of unbranched alkanes of at least 4 members (excludes halogenated alkanes) is 2. The molecule has 0 unspecified atom stereocenters. The van der Waals surface area contributed by atoms with Crippen LogP contribution in [0.1, 0.15) is 45.6 Å². The lowest BCUT2D eigenvalue weighted by Crippen LogP contribution is -1.91. The topological polar surface area (TPSA) is 51.0 Å². The quantitative estimate of drug-likeness (QED) is 0.278. The molecular weight excluding hydrogens is 456 g/mol. The van der Waals surface area contributed by atoms with Gasteiger partial charge in [0.1, 0.15) is 5.75 Å². The zero-order chi connectivity index (χ0) is 19.1. The Kier molecular flexibility index (Phi) is 8.04. The molecule has 1 heterocycles. The summed E-state index contributed by atoms with van der Waals surface area (Å²) in [6.45, 7) is 6.23. The number of aromatic nitrogens is 1. The molecule has 0 radical (unpaired) electrons. The summed E-state index contributed by atoms with van der Waals surface area (Å²) in [7, 11) is 0. The maximum absolute atomic E-state index is 6.09. The molecule has 0 saturated heterocycles. The number of nitrogen functional groups attached to an aromatic ring is 1. The fourth-order valence-electron chi connectivity index (χ4n) is 2.79. The van der Waals surface area contributed by atoms with E-state index in [1.165, 1.54) is 30.2 Å². The van der Waals surface area contributed by atoms with E-state index in [-0.39, 0.29) is 0 Å². The van der Waals surface area contributed by atoms with Crippen molar-refractivity contribution in [2.24, 2.45) is 0 Å². The SMILES string of the molecule is CC.CCCCCc1c[nH]c2ccc(Oc3c(Br)cc(N)cc3Br)cc12. The monoisotopic (exact) mass is 480 g/mol. The fourth-order valence-corrected chi connectivity index (χ4v) is 4.17. The van der Waals surface area contributed by atoms with E-state index in [2.05, 4.69) is 62.1 Å². The molecule has 3 rings (SSSR count). The van der Waals surface area contributed by atoms with Crippen LogP contribution >= 0.6 is 31.9 Å². The smallest absolute Gasteiger partial charge is 0.155 e. The molecule has 5 heteroatoms. The number of hydrogen-bond donors (Lipinski definition) is 2. The van der Waals surface area contributed by atoms with Gasteiger partial charge in [0.25, 0.3) is 0 Å². The van der Waals surface area contributed by atoms with Gasteiger partial charge in [0.05, 0.1) is 8.95 Å². The Balaban J connectivity index is 0.00000117. The molecule has 1 aromatic heterocycles. The maximum Gasteiger partial charge on any atom is 0.155 e. The highest BCUT2D eigenvalue weighted by Gasteiger charge is 2.11. The highest BCUT2D eigenvalue weighted by Crippen LogP contribution is 2.39. The van der Waals surface area contributed by atoms with Gasteiger partial charge >= 0.3 is 0 Å². The predicted molar refractivity (Wildman–Crippen MR) is 119 cm³/mol. The Labute approximate surface area is 172 Å². The summed E-state index contributed by atoms with van der Waals surface area (Å²) in [5.74, 6) is 1.54. The Morgan fingerprint density at radius 3 is 2.38 bits per heavy atom. The number of aryl methyl sites for hydroxylation is 1. The van der Waals surface area contributed by atoms with Gasteiger partial charge in [-0.2, -0.15) is 0 Å². The number of ether oxygens (including phenoxy) is 1. The number of anilines is 1. The molecular formula is C21H26Br2N2O. The summed E-state index contributed by atoms with van der Waals surface area (Å²) in [5.41, 5.74) is 9.01. The highest BCUT2D eigenvalue weighted by atomic mass is 79.9. The minimum atomic E-state index is 0.681. The van der Waals surface area contributed by atoms with E-state index in [0.29, 0.717) is 5.69 Å². The number of rotatable bonds is 6. The first-order valence-electron chi connectivity index (χ1n) is 9.11. The number of fused-ring (bicyclic) bond motifs is 1. The molecule has 3 nitrogen and oxygen atoms in total. The molecule has 0 bridgehead atoms. The Hall–Kier alpha value is -1.46. The van der Waals surface area contributed by atoms with Crippen molar-refractivity contribution in [3.63, 3.8) is 0 Å². The normalized spacial score (nSPS) is 10.5. The standard InChI is InChI=1S/C19H20Br2N2O.C2H6/c1-2-3-4-5-12-11-23-18-7-6-14(10-15(12)18)24-19-16(20)8-13(22)9-17(19)21;1-2/h6-11,23H,2-5,22H2,1H3;1-2H3. The van der Waals surface area contributed by atoms with Crippen LogP contribution in [0.2, 0.25) is 0 Å². The number of nitrogens with one attached hydrogen (secondary N) is 1. The number of aromatic amines is 1. The lowest BCUT2D eigenvalue weighted by molar-refractivity contribution is 0.477. The second-order valence-electron chi connectivity index (χ2n) is 5.89. The van der Waals surface area contributed by atoms with Crippen molar-refractivity contribution in [1.29, 1.82) is 0 Å². The molecule has 26 heavy (non-hydrogen) atoms. The van der Waals surface area contributed by atoms with Gasteiger partial charge in [-0.25, -0.2) is 0 Å². The molecule has 0 atom stereocenters. The van der Waals surface area contributed by atoms with Crippen LogP contribution in [0.5, 0.6) is 11.5 Å². The Bertz CT molecular complexity index is 835. The maximum atomic E-state index is 6.09. The van der Waals surface area contributed by atoms with Crippen molar-refractivity contribution in [2.75, 3.05) is 5.73 Å². The van der Waals surface area contributed by atoms with Crippen LogP contribution in [0.4, 0.5) is 5.69 Å². The first-order valence-corrected chi connectivity index (χ1v) is 10.7. The van der Waals surface area contributed by atoms with Gasteiger partial charge in [-0.15, -0.1) is 0 Å². The van der Waals surface area contributed by atoms with Gasteiger partial charge in [0.15, 0.2) is 5.75 Å². The summed E-state index contributed by atoms with van der Waals surface area (Å²) < 4.78 is 7.74. The third-order valence-electron chi connectivity index (χ3n) is 4.03. The van der Waals surface area contributed by atoms with Gasteiger partial charge < -0.3 is 15.5 Å². The molecule has 0 spiro atoms. The van der Waals surface area contributed by atoms with Crippen molar-refractivity contribution in [3.05, 3.63) is 51.0 Å². The molecule has 3 aromatic rings. The highest BCUT2D eigenvalue weighted by molar-refractivity contribution is 9.11. The van der Waals surface area contributed by atoms with Crippen LogP contribution in [0.15, 0.2) is 45.5 Å². The molecule has 0 amide bonds. The van der Waals surface area contributed by atoms with Crippen LogP contribution in [-0.4, -0.2) is 4.98 Å². The van der Waals surface area contributed by atoms with Gasteiger partial charge in [0.2, 0.25) is 0 Å². The molecule has 140 valence electrons. The lowest BCUT2D eigenvalue weighted by atomic mass is 10.1. The number of nitrogens with two attached hydrogens (primary N) is 1. The minimum absolute atomic E-state index is 0.681. The fraction of sp³-hybridized carbons (Fsp3) is 0.333. The second-order valence-corrected chi connectivity index (χ2v) is 7.60. The van der Waals surface area contributed by atoms with Crippen LogP contribution in [0, 0.1) is 0 Å². The van der Waals surface area contributed by atoms with Crippen LogP contribution in [0.25, 0.3) is 10.9 Å². The lowest BCUT2D eigenvalue weighted by Gasteiger charge is -2.11. The van der Waals surface area contributed by atoms with E-state index < -0.39 is 0 Å². The van der Waals surface area contributed by atoms with E-state index in [9.17, 15) is 0 Å². The number of H-pyrrole nitrogens is 1. The average Bonchev–Trinajstić information content (AvgIpc) is 3.02. The van der Waals surface area contributed by atoms with E-state index in [4.69, 9.17) is 10.5 Å². The second kappa shape index (κ2) is 10.0. The van der Waals surface area contributed by atoms with Gasteiger partial charge in [-0.3, -0.25) is 0 Å². The summed E-state index contributed by atoms with van der Waals surface area (Å²) >= 11 is 7.03. The average molecular weight is 482 g/mol. The Morgan fingerprint density at radius 1 is 1.04 bits per heavy atom. The largest absolute Gasteiger partial charge is 0.455 e. The Morgan fingerprint density at radius 2 is 1.73 bits per heavy atom. The first kappa shape index (κ1) is 20.8. The summed E-state index contributed by atoms with van der Waals surface area (Å²) in [6, 6.07) is 9.82. The van der Waals surface area contributed by atoms with E-state index in [0.717, 1.165) is 32.4 Å². The molecule has 3 N–H and O–H groups in total. The van der Waals surface area contributed by atoms with Crippen LogP contribution < -0.4 is 10.5 Å². The first-order chi connectivity index (χ1) is 12.6. The van der Waals surface area contributed by atoms with E-state index >= 15 is 0 Å². The third kappa shape index (κ3) is 5.04. The zero-order valence-corrected chi connectivity index (χ0v) is 18.7. The van der Waals surface area contributed by atoms with Gasteiger partial charge in [-0.05, 0) is 80.6 Å². The van der Waals surface area contributed by atoms with Crippen molar-refractivity contribution in [2.45, 2.75) is 46.5 Å². The molecule has 0 saturated carbocycles. The van der Waals surface area contributed by atoms with Crippen molar-refractivity contribution in [1.82, 2.24) is 4.98 Å². The molecule has 0 fully saturated rings. The molecule has 0 aliphatic heterocycles. The zero-order valence-electron chi connectivity index (χ0n) is 15.5. The predicted octanol–water partition coefficient (Wildman–Crippen LogP) is 7.83. The van der Waals surface area contributed by atoms with E-state index in [1.54, 1.807) is 0 Å². The third-order valence-corrected chi connectivity index (χ3v) is 5.21. The van der Waals surface area contributed by atoms with Crippen molar-refractivity contribution in [3.8, 4) is 11.5 Å². The number of benzene rings is 2. The van der Waals surface area contributed by atoms with E-state index in [1.807, 2.05) is 32.0 Å². The van der Waals surface area contributed by atoms with Crippen LogP contribution in [0.3, 0.4) is 0 Å². The van der Waals surface area contributed by atoms with Crippen molar-refractivity contribution >= 4 is 48.5 Å². The van der Waals surface area contributed by atoms with Gasteiger partial charge in [0, 0.05) is 22.8 Å². The molecule has 0 aliphatic carbocycles. The minimum Gasteiger partial charge on any atom is -0.455 e. The summed E-state index contributed by atoms with van der Waals surface area (Å²) in [5, 5.41) is 1.23. The van der Waals surface area contributed by atoms with Crippen molar-refractivity contribution < 1.29 is 4.74 Å². The number of halogens is 2. The number of hydrogen-bond acceptors (Lipinski definition) is 2. The summed E-state index contributed by atoms with van der Waals surface area (Å²) in [6.07, 6.45) is 6.90. The summed E-state index contributed by atoms with van der Waals surface area (Å²) in [4.78, 5) is 3.35. The van der Waals surface area contributed by atoms with Gasteiger partial charge in [-0.1, -0.05) is 33.6 Å². The molecule has 0 aliphatic rings. The van der Waals surface area contributed by atoms with Crippen LogP contribution in [-0.2, 0) is 6.42 Å².